The van der Waals surface area contributed by atoms with Gasteiger partial charge in [0.05, 0.1) is 0 Å². The maximum Gasteiger partial charge on any atom is 0.216 e. The predicted molar refractivity (Wildman–Crippen MR) is 66.5 cm³/mol. The van der Waals surface area contributed by atoms with Crippen LogP contribution in [0, 0.1) is 4.77 Å². The fourth-order valence-corrected chi connectivity index (χ4v) is 1.95. The summed E-state index contributed by atoms with van der Waals surface area (Å²) >= 11 is 14.4. The van der Waals surface area contributed by atoms with Gasteiger partial charge in [0.1, 0.15) is 0 Å². The van der Waals surface area contributed by atoms with Gasteiger partial charge >= 0.3 is 0 Å². The highest BCUT2D eigenvalue weighted by Gasteiger charge is 2.07. The highest BCUT2D eigenvalue weighted by molar-refractivity contribution is 9.10. The molecule has 0 saturated heterocycles. The van der Waals surface area contributed by atoms with E-state index in [0.29, 0.717) is 15.6 Å². The third kappa shape index (κ3) is 2.14. The standard InChI is InChI=1S/C9H7BrClN3S/c1-14-9(15)12-8(13-14)6-4-5(11)2-3-7(6)10/h2-4H,1H3,(H,12,13,15). The van der Waals surface area contributed by atoms with Gasteiger partial charge in [-0.15, -0.1) is 0 Å². The third-order valence-corrected chi connectivity index (χ3v) is 3.24. The summed E-state index contributed by atoms with van der Waals surface area (Å²) in [7, 11) is 1.82. The Kier molecular flexibility index (Phi) is 2.95. The molecule has 1 aromatic heterocycles. The van der Waals surface area contributed by atoms with Crippen molar-refractivity contribution in [3.63, 3.8) is 0 Å². The number of benzene rings is 1. The van der Waals surface area contributed by atoms with Gasteiger partial charge in [0, 0.05) is 22.1 Å². The maximum absolute atomic E-state index is 5.92. The van der Waals surface area contributed by atoms with Crippen LogP contribution in [-0.4, -0.2) is 14.8 Å². The molecule has 0 atom stereocenters. The summed E-state index contributed by atoms with van der Waals surface area (Å²) in [5, 5.41) is 3.71. The quantitative estimate of drug-likeness (QED) is 0.817. The number of rotatable bonds is 1. The lowest BCUT2D eigenvalue weighted by Crippen LogP contribution is -1.89. The number of halogens is 2. The smallest absolute Gasteiger partial charge is 0.216 e. The lowest BCUT2D eigenvalue weighted by molar-refractivity contribution is 0.756. The Hall–Kier alpha value is -0.650. The lowest BCUT2D eigenvalue weighted by atomic mass is 10.2. The second-order valence-electron chi connectivity index (χ2n) is 3.04. The van der Waals surface area contributed by atoms with Crippen LogP contribution in [-0.2, 0) is 7.05 Å². The number of aromatic amines is 1. The van der Waals surface area contributed by atoms with Crippen LogP contribution in [0.5, 0.6) is 0 Å². The molecule has 0 amide bonds. The number of nitrogens with zero attached hydrogens (tertiary/aromatic N) is 2. The summed E-state index contributed by atoms with van der Waals surface area (Å²) in [6, 6.07) is 5.52. The summed E-state index contributed by atoms with van der Waals surface area (Å²) in [5.41, 5.74) is 0.897. The Morgan fingerprint density at radius 2 is 2.27 bits per heavy atom. The number of hydrogen-bond acceptors (Lipinski definition) is 2. The van der Waals surface area contributed by atoms with Crippen molar-refractivity contribution in [3.05, 3.63) is 32.5 Å². The minimum Gasteiger partial charge on any atom is -0.279 e. The van der Waals surface area contributed by atoms with E-state index in [2.05, 4.69) is 26.0 Å². The first-order valence-electron chi connectivity index (χ1n) is 4.16. The van der Waals surface area contributed by atoms with Gasteiger partial charge < -0.3 is 0 Å². The van der Waals surface area contributed by atoms with Gasteiger partial charge in [-0.1, -0.05) is 27.5 Å². The topological polar surface area (TPSA) is 33.6 Å². The van der Waals surface area contributed by atoms with E-state index in [1.807, 2.05) is 25.2 Å². The van der Waals surface area contributed by atoms with Gasteiger partial charge in [-0.25, -0.2) is 0 Å². The highest BCUT2D eigenvalue weighted by Crippen LogP contribution is 2.28. The number of hydrogen-bond donors (Lipinski definition) is 1. The van der Waals surface area contributed by atoms with Crippen LogP contribution in [0.2, 0.25) is 5.02 Å². The minimum atomic E-state index is 0.511. The van der Waals surface area contributed by atoms with Gasteiger partial charge in [0.2, 0.25) is 4.77 Å². The Morgan fingerprint density at radius 1 is 1.53 bits per heavy atom. The van der Waals surface area contributed by atoms with E-state index in [0.717, 1.165) is 10.0 Å². The Balaban J connectivity index is 2.63. The van der Waals surface area contributed by atoms with Crippen molar-refractivity contribution in [1.29, 1.82) is 0 Å². The Morgan fingerprint density at radius 3 is 2.87 bits per heavy atom. The minimum absolute atomic E-state index is 0.511. The molecule has 78 valence electrons. The Bertz CT molecular complexity index is 561. The molecule has 0 unspecified atom stereocenters. The van der Waals surface area contributed by atoms with Crippen molar-refractivity contribution < 1.29 is 0 Å². The average Bonchev–Trinajstić information content (AvgIpc) is 2.51. The second-order valence-corrected chi connectivity index (χ2v) is 4.69. The van der Waals surface area contributed by atoms with Crippen molar-refractivity contribution in [1.82, 2.24) is 14.8 Å². The zero-order valence-corrected chi connectivity index (χ0v) is 10.9. The van der Waals surface area contributed by atoms with Crippen LogP contribution in [0.4, 0.5) is 0 Å². The molecule has 2 rings (SSSR count). The summed E-state index contributed by atoms with van der Waals surface area (Å²) in [5.74, 6) is 0.705. The molecule has 1 N–H and O–H groups in total. The summed E-state index contributed by atoms with van der Waals surface area (Å²) in [6.45, 7) is 0. The van der Waals surface area contributed by atoms with E-state index in [-0.39, 0.29) is 0 Å². The monoisotopic (exact) mass is 303 g/mol. The zero-order valence-electron chi connectivity index (χ0n) is 7.79. The Labute approximate surface area is 105 Å². The van der Waals surface area contributed by atoms with Gasteiger partial charge in [-0.2, -0.15) is 4.98 Å². The first kappa shape index (κ1) is 10.9. The van der Waals surface area contributed by atoms with Crippen LogP contribution in [0.25, 0.3) is 11.4 Å². The third-order valence-electron chi connectivity index (χ3n) is 1.95. The van der Waals surface area contributed by atoms with Crippen LogP contribution in [0.15, 0.2) is 22.7 Å². The molecule has 0 radical (unpaired) electrons. The molecule has 3 nitrogen and oxygen atoms in total. The molecular formula is C9H7BrClN3S. The fraction of sp³-hybridized carbons (Fsp3) is 0.111. The molecular weight excluding hydrogens is 298 g/mol. The van der Waals surface area contributed by atoms with Gasteiger partial charge in [-0.3, -0.25) is 9.78 Å². The van der Waals surface area contributed by atoms with Gasteiger partial charge in [0.25, 0.3) is 0 Å². The molecule has 0 fully saturated rings. The van der Waals surface area contributed by atoms with Gasteiger partial charge in [0.15, 0.2) is 5.82 Å². The normalized spacial score (nSPS) is 10.6. The average molecular weight is 305 g/mol. The summed E-state index contributed by atoms with van der Waals surface area (Å²) < 4.78 is 3.12. The van der Waals surface area contributed by atoms with Crippen LogP contribution in [0.1, 0.15) is 0 Å². The van der Waals surface area contributed by atoms with E-state index in [9.17, 15) is 0 Å². The first-order chi connectivity index (χ1) is 7.08. The van der Waals surface area contributed by atoms with E-state index < -0.39 is 0 Å². The lowest BCUT2D eigenvalue weighted by Gasteiger charge is -2.00. The van der Waals surface area contributed by atoms with E-state index >= 15 is 0 Å². The molecule has 0 aliphatic carbocycles. The summed E-state index contributed by atoms with van der Waals surface area (Å²) in [4.78, 5) is 4.22. The largest absolute Gasteiger partial charge is 0.279 e. The fourth-order valence-electron chi connectivity index (χ4n) is 1.20. The van der Waals surface area contributed by atoms with Crippen molar-refractivity contribution >= 4 is 39.7 Å². The van der Waals surface area contributed by atoms with E-state index in [1.54, 1.807) is 4.68 Å². The SMILES string of the molecule is Cn1[nH]c(-c2cc(Cl)ccc2Br)nc1=S. The molecule has 6 heteroatoms. The maximum atomic E-state index is 5.92. The molecule has 0 bridgehead atoms. The van der Waals surface area contributed by atoms with Crippen LogP contribution < -0.4 is 0 Å². The van der Waals surface area contributed by atoms with Crippen LogP contribution in [0.3, 0.4) is 0 Å². The van der Waals surface area contributed by atoms with Crippen molar-refractivity contribution in [2.75, 3.05) is 0 Å². The van der Waals surface area contributed by atoms with Gasteiger partial charge in [-0.05, 0) is 30.4 Å². The molecule has 0 spiro atoms. The highest BCUT2D eigenvalue weighted by atomic mass is 79.9. The number of H-pyrrole nitrogens is 1. The molecule has 1 heterocycles. The second kappa shape index (κ2) is 4.08. The zero-order chi connectivity index (χ0) is 11.0. The predicted octanol–water partition coefficient (Wildman–Crippen LogP) is 3.56. The van der Waals surface area contributed by atoms with Crippen molar-refractivity contribution in [2.45, 2.75) is 0 Å². The molecule has 0 aliphatic heterocycles. The molecule has 15 heavy (non-hydrogen) atoms. The number of aryl methyl sites for hydroxylation is 1. The van der Waals surface area contributed by atoms with Crippen LogP contribution >= 0.6 is 39.7 Å². The van der Waals surface area contributed by atoms with E-state index in [1.165, 1.54) is 0 Å². The number of aromatic nitrogens is 3. The molecule has 0 saturated carbocycles. The van der Waals surface area contributed by atoms with E-state index in [4.69, 9.17) is 23.8 Å². The molecule has 0 aliphatic rings. The number of nitrogens with one attached hydrogen (secondary N) is 1. The summed E-state index contributed by atoms with van der Waals surface area (Å²) in [6.07, 6.45) is 0. The molecule has 2 aromatic rings. The first-order valence-corrected chi connectivity index (χ1v) is 5.74. The molecule has 1 aromatic carbocycles. The van der Waals surface area contributed by atoms with Crippen molar-refractivity contribution in [2.24, 2.45) is 7.05 Å². The van der Waals surface area contributed by atoms with Crippen molar-refractivity contribution in [3.8, 4) is 11.4 Å².